The van der Waals surface area contributed by atoms with E-state index in [-0.39, 0.29) is 5.92 Å². The van der Waals surface area contributed by atoms with Crippen molar-refractivity contribution in [2.45, 2.75) is 19.8 Å². The summed E-state index contributed by atoms with van der Waals surface area (Å²) in [5.74, 6) is 1.75. The maximum absolute atomic E-state index is 5.87. The fourth-order valence-electron chi connectivity index (χ4n) is 0.980. The van der Waals surface area contributed by atoms with Crippen molar-refractivity contribution in [2.75, 3.05) is 19.5 Å². The number of hydrazine groups is 1. The molecule has 0 radical (unpaired) electrons. The zero-order chi connectivity index (χ0) is 10.7. The van der Waals surface area contributed by atoms with Crippen LogP contribution in [0.3, 0.4) is 0 Å². The summed E-state index contributed by atoms with van der Waals surface area (Å²) in [6.45, 7) is 4.07. The van der Waals surface area contributed by atoms with E-state index in [2.05, 4.69) is 15.4 Å². The van der Waals surface area contributed by atoms with Gasteiger partial charge in [0.05, 0.1) is 0 Å². The Bertz CT molecular complexity index is 312. The number of nitrogens with one attached hydrogen (secondary N) is 1. The van der Waals surface area contributed by atoms with Crippen molar-refractivity contribution in [2.24, 2.45) is 0 Å². The molecule has 0 saturated carbocycles. The molecule has 0 fully saturated rings. The Kier molecular flexibility index (Phi) is 3.66. The predicted octanol–water partition coefficient (Wildman–Crippen LogP) is 2.14. The average molecular weight is 215 g/mol. The second-order valence-corrected chi connectivity index (χ2v) is 3.98. The molecule has 14 heavy (non-hydrogen) atoms. The van der Waals surface area contributed by atoms with Gasteiger partial charge in [0.15, 0.2) is 0 Å². The Hall–Kier alpha value is -0.870. The summed E-state index contributed by atoms with van der Waals surface area (Å²) in [5.41, 5.74) is 3.04. The lowest BCUT2D eigenvalue weighted by molar-refractivity contribution is 0.491. The molecule has 0 bridgehead atoms. The Morgan fingerprint density at radius 3 is 2.50 bits per heavy atom. The van der Waals surface area contributed by atoms with Gasteiger partial charge in [-0.2, -0.15) is 0 Å². The highest BCUT2D eigenvalue weighted by molar-refractivity contribution is 6.29. The van der Waals surface area contributed by atoms with E-state index in [9.17, 15) is 0 Å². The minimum absolute atomic E-state index is 0.274. The number of hydrogen-bond donors (Lipinski definition) is 1. The van der Waals surface area contributed by atoms with Crippen LogP contribution in [0.2, 0.25) is 5.15 Å². The van der Waals surface area contributed by atoms with Crippen LogP contribution in [0, 0.1) is 0 Å². The molecule has 78 valence electrons. The molecular weight excluding hydrogens is 200 g/mol. The van der Waals surface area contributed by atoms with Gasteiger partial charge < -0.3 is 5.43 Å². The normalized spacial score (nSPS) is 11.1. The molecule has 1 aromatic rings. The molecule has 0 atom stereocenters. The van der Waals surface area contributed by atoms with Crippen LogP contribution in [0.1, 0.15) is 25.6 Å². The largest absolute Gasteiger partial charge is 0.303 e. The number of aromatic nitrogens is 2. The third kappa shape index (κ3) is 3.12. The van der Waals surface area contributed by atoms with Gasteiger partial charge in [-0.3, -0.25) is 0 Å². The highest BCUT2D eigenvalue weighted by Crippen LogP contribution is 2.16. The molecule has 0 spiro atoms. The highest BCUT2D eigenvalue weighted by atomic mass is 35.5. The summed E-state index contributed by atoms with van der Waals surface area (Å²) in [6, 6.07) is 1.70. The van der Waals surface area contributed by atoms with Crippen molar-refractivity contribution < 1.29 is 0 Å². The summed E-state index contributed by atoms with van der Waals surface area (Å²) in [5, 5.41) is 2.27. The van der Waals surface area contributed by atoms with Gasteiger partial charge in [0.2, 0.25) is 0 Å². The number of hydrogen-bond acceptors (Lipinski definition) is 4. The van der Waals surface area contributed by atoms with Crippen molar-refractivity contribution >= 4 is 17.4 Å². The molecule has 1 N–H and O–H groups in total. The van der Waals surface area contributed by atoms with E-state index in [1.54, 1.807) is 6.07 Å². The monoisotopic (exact) mass is 214 g/mol. The molecule has 1 aromatic heterocycles. The molecule has 0 unspecified atom stereocenters. The van der Waals surface area contributed by atoms with E-state index in [0.29, 0.717) is 5.15 Å². The Labute approximate surface area is 89.3 Å². The van der Waals surface area contributed by atoms with Crippen molar-refractivity contribution in [3.8, 4) is 0 Å². The van der Waals surface area contributed by atoms with Crippen LogP contribution in [-0.2, 0) is 0 Å². The van der Waals surface area contributed by atoms with Gasteiger partial charge in [-0.25, -0.2) is 15.0 Å². The molecule has 0 amide bonds. The van der Waals surface area contributed by atoms with Gasteiger partial charge in [-0.05, 0) is 0 Å². The second-order valence-electron chi connectivity index (χ2n) is 3.60. The van der Waals surface area contributed by atoms with Crippen molar-refractivity contribution in [3.05, 3.63) is 17.0 Å². The van der Waals surface area contributed by atoms with E-state index in [0.717, 1.165) is 11.6 Å². The maximum Gasteiger partial charge on any atom is 0.145 e. The number of rotatable bonds is 3. The van der Waals surface area contributed by atoms with Gasteiger partial charge in [0.1, 0.15) is 16.8 Å². The molecule has 5 heteroatoms. The lowest BCUT2D eigenvalue weighted by Gasteiger charge is -2.14. The van der Waals surface area contributed by atoms with Gasteiger partial charge in [0, 0.05) is 26.1 Å². The first-order valence-corrected chi connectivity index (χ1v) is 4.85. The summed E-state index contributed by atoms with van der Waals surface area (Å²) in [7, 11) is 3.79. The first-order chi connectivity index (χ1) is 6.49. The highest BCUT2D eigenvalue weighted by Gasteiger charge is 2.06. The van der Waals surface area contributed by atoms with Crippen LogP contribution >= 0.6 is 11.6 Å². The molecule has 4 nitrogen and oxygen atoms in total. The van der Waals surface area contributed by atoms with Crippen molar-refractivity contribution in [1.29, 1.82) is 0 Å². The van der Waals surface area contributed by atoms with Crippen LogP contribution in [0.15, 0.2) is 6.07 Å². The summed E-state index contributed by atoms with van der Waals surface area (Å²) >= 11 is 5.87. The molecule has 0 saturated heterocycles. The fourth-order valence-corrected chi connectivity index (χ4v) is 1.17. The van der Waals surface area contributed by atoms with Gasteiger partial charge in [0.25, 0.3) is 0 Å². The van der Waals surface area contributed by atoms with Crippen LogP contribution in [0.4, 0.5) is 5.82 Å². The fraction of sp³-hybridized carbons (Fsp3) is 0.556. The third-order valence-electron chi connectivity index (χ3n) is 1.57. The lowest BCUT2D eigenvalue weighted by atomic mass is 10.2. The van der Waals surface area contributed by atoms with Crippen LogP contribution in [0.25, 0.3) is 0 Å². The van der Waals surface area contributed by atoms with Gasteiger partial charge in [-0.1, -0.05) is 25.4 Å². The molecule has 1 heterocycles. The van der Waals surface area contributed by atoms with E-state index >= 15 is 0 Å². The maximum atomic E-state index is 5.87. The SMILES string of the molecule is CC(C)c1nc(Cl)cc(NN(C)C)n1. The molecule has 1 rings (SSSR count). The molecule has 0 aliphatic carbocycles. The Morgan fingerprint density at radius 1 is 1.36 bits per heavy atom. The molecule has 0 aromatic carbocycles. The molecule has 0 aliphatic heterocycles. The number of nitrogens with zero attached hydrogens (tertiary/aromatic N) is 3. The standard InChI is InChI=1S/C9H15ClN4/c1-6(2)9-11-7(10)5-8(12-9)13-14(3)4/h5-6H,1-4H3,(H,11,12,13). The zero-order valence-corrected chi connectivity index (χ0v) is 9.63. The smallest absolute Gasteiger partial charge is 0.145 e. The molecular formula is C9H15ClN4. The average Bonchev–Trinajstić information content (AvgIpc) is 2.01. The van der Waals surface area contributed by atoms with Crippen molar-refractivity contribution in [3.63, 3.8) is 0 Å². The minimum atomic E-state index is 0.274. The van der Waals surface area contributed by atoms with E-state index in [1.165, 1.54) is 0 Å². The minimum Gasteiger partial charge on any atom is -0.303 e. The molecule has 0 aliphatic rings. The zero-order valence-electron chi connectivity index (χ0n) is 8.87. The third-order valence-corrected chi connectivity index (χ3v) is 1.76. The van der Waals surface area contributed by atoms with Crippen LogP contribution in [-0.4, -0.2) is 29.1 Å². The topological polar surface area (TPSA) is 41.1 Å². The van der Waals surface area contributed by atoms with E-state index < -0.39 is 0 Å². The first kappa shape index (κ1) is 11.2. The predicted molar refractivity (Wildman–Crippen MR) is 58.4 cm³/mol. The lowest BCUT2D eigenvalue weighted by Crippen LogP contribution is -2.21. The van der Waals surface area contributed by atoms with Crippen molar-refractivity contribution in [1.82, 2.24) is 15.0 Å². The summed E-state index contributed by atoms with van der Waals surface area (Å²) < 4.78 is 0. The van der Waals surface area contributed by atoms with E-state index in [4.69, 9.17) is 11.6 Å². The Balaban J connectivity index is 2.95. The van der Waals surface area contributed by atoms with Crippen LogP contribution in [0.5, 0.6) is 0 Å². The first-order valence-electron chi connectivity index (χ1n) is 4.47. The quantitative estimate of drug-likeness (QED) is 0.619. The van der Waals surface area contributed by atoms with E-state index in [1.807, 2.05) is 33.0 Å². The van der Waals surface area contributed by atoms with Crippen LogP contribution < -0.4 is 5.43 Å². The number of anilines is 1. The second kappa shape index (κ2) is 4.57. The summed E-state index contributed by atoms with van der Waals surface area (Å²) in [4.78, 5) is 8.46. The van der Waals surface area contributed by atoms with Gasteiger partial charge >= 0.3 is 0 Å². The number of halogens is 1. The van der Waals surface area contributed by atoms with Gasteiger partial charge in [-0.15, -0.1) is 0 Å². The Morgan fingerprint density at radius 2 is 2.00 bits per heavy atom. The summed E-state index contributed by atoms with van der Waals surface area (Å²) in [6.07, 6.45) is 0.